The maximum atomic E-state index is 12.6. The molecule has 0 aliphatic heterocycles. The van der Waals surface area contributed by atoms with Crippen molar-refractivity contribution in [2.45, 2.75) is 38.9 Å². The smallest absolute Gasteiger partial charge is 0.237 e. The van der Waals surface area contributed by atoms with Crippen LogP contribution in [0.3, 0.4) is 0 Å². The number of benzene rings is 2. The molecule has 1 saturated carbocycles. The lowest BCUT2D eigenvalue weighted by Gasteiger charge is -2.13. The van der Waals surface area contributed by atoms with Crippen molar-refractivity contribution >= 4 is 37.9 Å². The van der Waals surface area contributed by atoms with Crippen molar-refractivity contribution in [3.63, 3.8) is 0 Å². The molecule has 0 unspecified atom stereocenters. The van der Waals surface area contributed by atoms with Gasteiger partial charge in [0.05, 0.1) is 27.5 Å². The predicted molar refractivity (Wildman–Crippen MR) is 132 cm³/mol. The molecule has 0 spiro atoms. The molecule has 5 aromatic rings. The van der Waals surface area contributed by atoms with E-state index >= 15 is 0 Å². The summed E-state index contributed by atoms with van der Waals surface area (Å²) in [6, 6.07) is 12.0. The first-order chi connectivity index (χ1) is 16.3. The molecule has 0 saturated heterocycles. The standard InChI is InChI=1S/C25H23N5O3S/c1-13-6-9-20-18(5-4-10-26-20)22(13)19-11-16(23-14(2)29-33-15(23)3)12-21-24(19)28-25(27-21)30-34(31,32)17-7-8-17/h4-6,9-12,17H,7-8H2,1-3H3,(H2,27,28,30). The second-order valence-corrected chi connectivity index (χ2v) is 10.8. The van der Waals surface area contributed by atoms with Gasteiger partial charge in [0.25, 0.3) is 0 Å². The minimum Gasteiger partial charge on any atom is -0.361 e. The SMILES string of the molecule is Cc1ccc2ncccc2c1-c1cc(-c2c(C)noc2C)cc2[nH]c(NS(=O)(=O)C3CC3)nc12. The van der Waals surface area contributed by atoms with Crippen LogP contribution in [0.4, 0.5) is 5.95 Å². The van der Waals surface area contributed by atoms with E-state index in [4.69, 9.17) is 9.51 Å². The number of hydrogen-bond acceptors (Lipinski definition) is 6. The highest BCUT2D eigenvalue weighted by Crippen LogP contribution is 2.40. The highest BCUT2D eigenvalue weighted by atomic mass is 32.2. The fourth-order valence-corrected chi connectivity index (χ4v) is 5.90. The molecule has 3 heterocycles. The Morgan fingerprint density at radius 1 is 1.09 bits per heavy atom. The molecule has 0 atom stereocenters. The summed E-state index contributed by atoms with van der Waals surface area (Å²) in [7, 11) is -3.45. The Kier molecular flexibility index (Phi) is 4.54. The van der Waals surface area contributed by atoms with Crippen molar-refractivity contribution in [3.05, 3.63) is 59.6 Å². The largest absolute Gasteiger partial charge is 0.361 e. The summed E-state index contributed by atoms with van der Waals surface area (Å²) in [6.45, 7) is 5.85. The summed E-state index contributed by atoms with van der Waals surface area (Å²) in [5.41, 5.74) is 7.86. The lowest BCUT2D eigenvalue weighted by molar-refractivity contribution is 0.393. The van der Waals surface area contributed by atoms with Crippen LogP contribution in [-0.2, 0) is 10.0 Å². The third-order valence-electron chi connectivity index (χ3n) is 6.37. The molecule has 1 aliphatic carbocycles. The molecule has 9 heteroatoms. The number of aryl methyl sites for hydroxylation is 3. The Morgan fingerprint density at radius 2 is 1.91 bits per heavy atom. The molecule has 0 amide bonds. The summed E-state index contributed by atoms with van der Waals surface area (Å²) in [4.78, 5) is 12.4. The Morgan fingerprint density at radius 3 is 2.65 bits per heavy atom. The zero-order valence-electron chi connectivity index (χ0n) is 19.0. The Bertz CT molecular complexity index is 1680. The Labute approximate surface area is 196 Å². The fourth-order valence-electron chi connectivity index (χ4n) is 4.61. The van der Waals surface area contributed by atoms with Crippen LogP contribution >= 0.6 is 0 Å². The van der Waals surface area contributed by atoms with Crippen LogP contribution in [0.5, 0.6) is 0 Å². The number of hydrogen-bond donors (Lipinski definition) is 2. The van der Waals surface area contributed by atoms with Gasteiger partial charge in [0.1, 0.15) is 5.76 Å². The molecule has 2 aromatic carbocycles. The summed E-state index contributed by atoms with van der Waals surface area (Å²) in [5.74, 6) is 0.934. The summed E-state index contributed by atoms with van der Waals surface area (Å²) >= 11 is 0. The number of nitrogens with zero attached hydrogens (tertiary/aromatic N) is 3. The van der Waals surface area contributed by atoms with Gasteiger partial charge in [-0.2, -0.15) is 0 Å². The first kappa shape index (κ1) is 20.9. The topological polar surface area (TPSA) is 114 Å². The third kappa shape index (κ3) is 3.35. The van der Waals surface area contributed by atoms with E-state index in [2.05, 4.69) is 32.8 Å². The number of H-pyrrole nitrogens is 1. The highest BCUT2D eigenvalue weighted by Gasteiger charge is 2.36. The first-order valence-electron chi connectivity index (χ1n) is 11.1. The van der Waals surface area contributed by atoms with Gasteiger partial charge in [0.2, 0.25) is 16.0 Å². The summed E-state index contributed by atoms with van der Waals surface area (Å²) < 4.78 is 33.2. The third-order valence-corrected chi connectivity index (χ3v) is 8.20. The van der Waals surface area contributed by atoms with Gasteiger partial charge in [-0.25, -0.2) is 13.4 Å². The number of pyridine rings is 1. The fraction of sp³-hybridized carbons (Fsp3) is 0.240. The number of rotatable bonds is 5. The van der Waals surface area contributed by atoms with Gasteiger partial charge >= 0.3 is 0 Å². The molecule has 1 aliphatic rings. The second-order valence-electron chi connectivity index (χ2n) is 8.88. The quantitative estimate of drug-likeness (QED) is 0.360. The molecule has 1 fully saturated rings. The number of fused-ring (bicyclic) bond motifs is 2. The predicted octanol–water partition coefficient (Wildman–Crippen LogP) is 5.26. The molecule has 2 N–H and O–H groups in total. The van der Waals surface area contributed by atoms with E-state index < -0.39 is 10.0 Å². The van der Waals surface area contributed by atoms with Crippen LogP contribution in [0.15, 0.2) is 47.1 Å². The van der Waals surface area contributed by atoms with E-state index in [1.807, 2.05) is 44.2 Å². The van der Waals surface area contributed by atoms with Gasteiger partial charge in [0.15, 0.2) is 0 Å². The van der Waals surface area contributed by atoms with E-state index in [1.165, 1.54) is 0 Å². The van der Waals surface area contributed by atoms with E-state index in [0.29, 0.717) is 24.1 Å². The van der Waals surface area contributed by atoms with Crippen molar-refractivity contribution < 1.29 is 12.9 Å². The zero-order valence-corrected chi connectivity index (χ0v) is 19.8. The first-order valence-corrected chi connectivity index (χ1v) is 12.7. The van der Waals surface area contributed by atoms with Crippen LogP contribution in [-0.4, -0.2) is 33.8 Å². The maximum Gasteiger partial charge on any atom is 0.237 e. The van der Waals surface area contributed by atoms with Crippen molar-refractivity contribution in [2.24, 2.45) is 0 Å². The molecule has 172 valence electrons. The van der Waals surface area contributed by atoms with E-state index in [9.17, 15) is 8.42 Å². The molecule has 3 aromatic heterocycles. The minimum absolute atomic E-state index is 0.218. The number of imidazole rings is 1. The van der Waals surface area contributed by atoms with Gasteiger partial charge in [0, 0.05) is 22.7 Å². The van der Waals surface area contributed by atoms with Gasteiger partial charge in [-0.15, -0.1) is 0 Å². The van der Waals surface area contributed by atoms with Crippen LogP contribution in [0.2, 0.25) is 0 Å². The van der Waals surface area contributed by atoms with E-state index in [0.717, 1.165) is 49.9 Å². The van der Waals surface area contributed by atoms with Crippen LogP contribution < -0.4 is 4.72 Å². The lowest BCUT2D eigenvalue weighted by Crippen LogP contribution is -2.18. The molecular formula is C25H23N5O3S. The molecule has 8 nitrogen and oxygen atoms in total. The molecule has 34 heavy (non-hydrogen) atoms. The van der Waals surface area contributed by atoms with Crippen molar-refractivity contribution in [2.75, 3.05) is 4.72 Å². The monoisotopic (exact) mass is 473 g/mol. The number of aromatic amines is 1. The molecule has 0 bridgehead atoms. The van der Waals surface area contributed by atoms with Crippen molar-refractivity contribution in [1.82, 2.24) is 20.1 Å². The van der Waals surface area contributed by atoms with Crippen molar-refractivity contribution in [3.8, 4) is 22.3 Å². The highest BCUT2D eigenvalue weighted by molar-refractivity contribution is 7.93. The maximum absolute atomic E-state index is 12.6. The molecule has 6 rings (SSSR count). The lowest BCUT2D eigenvalue weighted by atomic mass is 9.92. The van der Waals surface area contributed by atoms with Crippen LogP contribution in [0.1, 0.15) is 29.9 Å². The van der Waals surface area contributed by atoms with Gasteiger partial charge in [-0.1, -0.05) is 17.3 Å². The van der Waals surface area contributed by atoms with E-state index in [-0.39, 0.29) is 11.2 Å². The average molecular weight is 474 g/mol. The molecular weight excluding hydrogens is 450 g/mol. The number of anilines is 1. The Hall–Kier alpha value is -3.72. The minimum atomic E-state index is -3.45. The van der Waals surface area contributed by atoms with Gasteiger partial charge in [-0.05, 0) is 74.6 Å². The van der Waals surface area contributed by atoms with Crippen molar-refractivity contribution in [1.29, 1.82) is 0 Å². The number of nitrogens with one attached hydrogen (secondary N) is 2. The van der Waals surface area contributed by atoms with Crippen LogP contribution in [0, 0.1) is 20.8 Å². The normalized spacial score (nSPS) is 14.2. The zero-order chi connectivity index (χ0) is 23.6. The summed E-state index contributed by atoms with van der Waals surface area (Å²) in [6.07, 6.45) is 3.13. The number of aromatic nitrogens is 4. The van der Waals surface area contributed by atoms with Crippen LogP contribution in [0.25, 0.3) is 44.2 Å². The second kappa shape index (κ2) is 7.39. The van der Waals surface area contributed by atoms with E-state index in [1.54, 1.807) is 6.20 Å². The van der Waals surface area contributed by atoms with Gasteiger partial charge in [-0.3, -0.25) is 9.71 Å². The average Bonchev–Trinajstić information content (AvgIpc) is 3.52. The Balaban J connectivity index is 1.64. The number of sulfonamides is 1. The molecule has 0 radical (unpaired) electrons. The summed E-state index contributed by atoms with van der Waals surface area (Å²) in [5, 5.41) is 4.78. The van der Waals surface area contributed by atoms with Gasteiger partial charge < -0.3 is 9.51 Å².